The number of hydrogen-bond acceptors (Lipinski definition) is 5. The topological polar surface area (TPSA) is 110 Å². The van der Waals surface area contributed by atoms with Crippen LogP contribution < -0.4 is 5.32 Å². The smallest absolute Gasteiger partial charge is 0.282 e. The highest BCUT2D eigenvalue weighted by Crippen LogP contribution is 2.31. The third-order valence-corrected chi connectivity index (χ3v) is 5.00. The van der Waals surface area contributed by atoms with Crippen LogP contribution in [0.15, 0.2) is 36.4 Å². The maximum absolute atomic E-state index is 12.6. The minimum Gasteiger partial charge on any atom is -0.326 e. The lowest BCUT2D eigenvalue weighted by atomic mass is 10.0. The number of para-hydroxylation sites is 1. The standard InChI is InChI=1S/C21H21N3O5/c1-3-13-7-5-8-14(4-2)19(13)22-17(25)11-12-23-20(26)15-9-6-10-16(24(28)29)18(15)21(23)27/h5-10H,3-4,11-12H2,1-2H3,(H,22,25). The van der Waals surface area contributed by atoms with E-state index in [-0.39, 0.29) is 30.0 Å². The van der Waals surface area contributed by atoms with Gasteiger partial charge in [-0.25, -0.2) is 0 Å². The predicted octanol–water partition coefficient (Wildman–Crippen LogP) is 3.34. The van der Waals surface area contributed by atoms with Gasteiger partial charge in [0.25, 0.3) is 17.5 Å². The van der Waals surface area contributed by atoms with Crippen LogP contribution >= 0.6 is 0 Å². The van der Waals surface area contributed by atoms with Crippen LogP contribution in [0.5, 0.6) is 0 Å². The minimum absolute atomic E-state index is 0.00536. The van der Waals surface area contributed by atoms with E-state index in [4.69, 9.17) is 0 Å². The second-order valence-corrected chi connectivity index (χ2v) is 6.68. The number of fused-ring (bicyclic) bond motifs is 1. The Morgan fingerprint density at radius 1 is 1.03 bits per heavy atom. The van der Waals surface area contributed by atoms with Crippen molar-refractivity contribution in [2.45, 2.75) is 33.1 Å². The summed E-state index contributed by atoms with van der Waals surface area (Å²) in [5.41, 5.74) is 2.16. The molecule has 0 aliphatic carbocycles. The van der Waals surface area contributed by atoms with E-state index in [1.807, 2.05) is 32.0 Å². The number of nitro benzene ring substituents is 1. The molecule has 150 valence electrons. The van der Waals surface area contributed by atoms with Crippen molar-refractivity contribution in [3.63, 3.8) is 0 Å². The van der Waals surface area contributed by atoms with Crippen molar-refractivity contribution in [3.05, 3.63) is 68.8 Å². The van der Waals surface area contributed by atoms with Crippen LogP contribution in [-0.2, 0) is 17.6 Å². The fraction of sp³-hybridized carbons (Fsp3) is 0.286. The first-order valence-corrected chi connectivity index (χ1v) is 9.43. The SMILES string of the molecule is CCc1cccc(CC)c1NC(=O)CCN1C(=O)c2cccc([N+](=O)[O-])c2C1=O. The summed E-state index contributed by atoms with van der Waals surface area (Å²) >= 11 is 0. The summed E-state index contributed by atoms with van der Waals surface area (Å²) in [5, 5.41) is 14.1. The Morgan fingerprint density at radius 2 is 1.66 bits per heavy atom. The van der Waals surface area contributed by atoms with E-state index in [1.54, 1.807) is 0 Å². The van der Waals surface area contributed by atoms with Crippen molar-refractivity contribution in [1.29, 1.82) is 0 Å². The molecule has 3 amide bonds. The molecule has 0 fully saturated rings. The van der Waals surface area contributed by atoms with Crippen LogP contribution in [0.25, 0.3) is 0 Å². The minimum atomic E-state index is -0.742. The number of hydrogen-bond donors (Lipinski definition) is 1. The van der Waals surface area contributed by atoms with Gasteiger partial charge in [0, 0.05) is 24.7 Å². The first-order valence-electron chi connectivity index (χ1n) is 9.43. The summed E-state index contributed by atoms with van der Waals surface area (Å²) in [6, 6.07) is 9.77. The molecule has 2 aromatic rings. The van der Waals surface area contributed by atoms with Crippen LogP contribution in [0.1, 0.15) is 52.1 Å². The third kappa shape index (κ3) is 3.73. The maximum atomic E-state index is 12.6. The molecule has 3 rings (SSSR count). The van der Waals surface area contributed by atoms with Crippen molar-refractivity contribution in [2.75, 3.05) is 11.9 Å². The first-order chi connectivity index (χ1) is 13.9. The lowest BCUT2D eigenvalue weighted by molar-refractivity contribution is -0.385. The highest BCUT2D eigenvalue weighted by atomic mass is 16.6. The summed E-state index contributed by atoms with van der Waals surface area (Å²) < 4.78 is 0. The van der Waals surface area contributed by atoms with E-state index in [1.165, 1.54) is 18.2 Å². The number of aryl methyl sites for hydroxylation is 2. The quantitative estimate of drug-likeness (QED) is 0.439. The zero-order valence-electron chi connectivity index (χ0n) is 16.2. The van der Waals surface area contributed by atoms with E-state index >= 15 is 0 Å². The van der Waals surface area contributed by atoms with Gasteiger partial charge in [0.1, 0.15) is 5.56 Å². The number of carbonyl (C=O) groups excluding carboxylic acids is 3. The van der Waals surface area contributed by atoms with Gasteiger partial charge in [-0.3, -0.25) is 29.4 Å². The third-order valence-electron chi connectivity index (χ3n) is 5.00. The number of nitrogens with zero attached hydrogens (tertiary/aromatic N) is 2. The molecule has 1 N–H and O–H groups in total. The zero-order chi connectivity index (χ0) is 21.1. The molecule has 2 aromatic carbocycles. The van der Waals surface area contributed by atoms with Crippen LogP contribution in [0.2, 0.25) is 0 Å². The molecule has 1 aliphatic heterocycles. The summed E-state index contributed by atoms with van der Waals surface area (Å²) in [6.07, 6.45) is 1.41. The number of anilines is 1. The Bertz CT molecular complexity index is 993. The summed E-state index contributed by atoms with van der Waals surface area (Å²) in [5.74, 6) is -1.69. The van der Waals surface area contributed by atoms with E-state index < -0.39 is 22.4 Å². The second-order valence-electron chi connectivity index (χ2n) is 6.68. The monoisotopic (exact) mass is 395 g/mol. The van der Waals surface area contributed by atoms with Crippen LogP contribution in [-0.4, -0.2) is 34.1 Å². The molecule has 0 saturated heterocycles. The molecule has 0 saturated carbocycles. The molecule has 1 heterocycles. The Labute approximate surface area is 167 Å². The fourth-order valence-corrected chi connectivity index (χ4v) is 3.49. The zero-order valence-corrected chi connectivity index (χ0v) is 16.2. The van der Waals surface area contributed by atoms with Gasteiger partial charge in [0.2, 0.25) is 5.91 Å². The highest BCUT2D eigenvalue weighted by molar-refractivity contribution is 6.23. The lowest BCUT2D eigenvalue weighted by Crippen LogP contribution is -2.33. The van der Waals surface area contributed by atoms with Crippen molar-refractivity contribution in [1.82, 2.24) is 4.90 Å². The van der Waals surface area contributed by atoms with Gasteiger partial charge in [0.15, 0.2) is 0 Å². The van der Waals surface area contributed by atoms with E-state index in [2.05, 4.69) is 5.32 Å². The van der Waals surface area contributed by atoms with Gasteiger partial charge >= 0.3 is 0 Å². The summed E-state index contributed by atoms with van der Waals surface area (Å²) in [6.45, 7) is 3.84. The molecule has 29 heavy (non-hydrogen) atoms. The van der Waals surface area contributed by atoms with Crippen LogP contribution in [0.4, 0.5) is 11.4 Å². The maximum Gasteiger partial charge on any atom is 0.282 e. The van der Waals surface area contributed by atoms with Gasteiger partial charge in [-0.2, -0.15) is 0 Å². The predicted molar refractivity (Wildman–Crippen MR) is 107 cm³/mol. The Hall–Kier alpha value is -3.55. The molecule has 0 spiro atoms. The Balaban J connectivity index is 1.74. The van der Waals surface area contributed by atoms with E-state index in [9.17, 15) is 24.5 Å². The molecule has 8 nitrogen and oxygen atoms in total. The number of imide groups is 1. The lowest BCUT2D eigenvalue weighted by Gasteiger charge is -2.16. The number of benzene rings is 2. The fourth-order valence-electron chi connectivity index (χ4n) is 3.49. The molecule has 0 radical (unpaired) electrons. The number of nitro groups is 1. The molecule has 0 atom stereocenters. The first kappa shape index (κ1) is 20.2. The number of amides is 3. The molecule has 1 aliphatic rings. The average molecular weight is 395 g/mol. The van der Waals surface area contributed by atoms with Gasteiger partial charge in [-0.15, -0.1) is 0 Å². The van der Waals surface area contributed by atoms with E-state index in [0.29, 0.717) is 0 Å². The van der Waals surface area contributed by atoms with Gasteiger partial charge < -0.3 is 5.32 Å². The molecule has 8 heteroatoms. The molecule has 0 bridgehead atoms. The molecule has 0 aromatic heterocycles. The highest BCUT2D eigenvalue weighted by Gasteiger charge is 2.40. The van der Waals surface area contributed by atoms with Gasteiger partial charge in [-0.1, -0.05) is 38.1 Å². The van der Waals surface area contributed by atoms with Gasteiger partial charge in [0.05, 0.1) is 10.5 Å². The van der Waals surface area contributed by atoms with E-state index in [0.717, 1.165) is 34.6 Å². The summed E-state index contributed by atoms with van der Waals surface area (Å²) in [7, 11) is 0. The summed E-state index contributed by atoms with van der Waals surface area (Å²) in [4.78, 5) is 49.0. The van der Waals surface area contributed by atoms with Crippen LogP contribution in [0, 0.1) is 10.1 Å². The number of carbonyl (C=O) groups is 3. The number of nitrogens with one attached hydrogen (secondary N) is 1. The molecular formula is C21H21N3O5. The number of rotatable bonds is 7. The van der Waals surface area contributed by atoms with Crippen molar-refractivity contribution < 1.29 is 19.3 Å². The van der Waals surface area contributed by atoms with Crippen molar-refractivity contribution in [3.8, 4) is 0 Å². The molecular weight excluding hydrogens is 374 g/mol. The van der Waals surface area contributed by atoms with Crippen LogP contribution in [0.3, 0.4) is 0 Å². The largest absolute Gasteiger partial charge is 0.326 e. The Kier molecular flexibility index (Phi) is 5.72. The average Bonchev–Trinajstić information content (AvgIpc) is 2.96. The van der Waals surface area contributed by atoms with Crippen molar-refractivity contribution in [2.24, 2.45) is 0 Å². The Morgan fingerprint density at radius 3 is 2.24 bits per heavy atom. The second kappa shape index (κ2) is 8.22. The normalized spacial score (nSPS) is 12.8. The van der Waals surface area contributed by atoms with Gasteiger partial charge in [-0.05, 0) is 30.0 Å². The van der Waals surface area contributed by atoms with Crippen molar-refractivity contribution >= 4 is 29.1 Å². The molecule has 0 unspecified atom stereocenters.